The quantitative estimate of drug-likeness (QED) is 0.659. The van der Waals surface area contributed by atoms with E-state index in [1.807, 2.05) is 24.3 Å². The summed E-state index contributed by atoms with van der Waals surface area (Å²) >= 11 is 10.8. The van der Waals surface area contributed by atoms with Crippen molar-refractivity contribution in [2.75, 3.05) is 0 Å². The number of aliphatic imine (C=N–C) groups is 1. The average molecular weight is 466 g/mol. The van der Waals surface area contributed by atoms with Gasteiger partial charge in [0, 0.05) is 11.4 Å². The first kappa shape index (κ1) is 19.7. The Labute approximate surface area is 174 Å². The van der Waals surface area contributed by atoms with Crippen LogP contribution >= 0.6 is 39.3 Å². The molecule has 0 aromatic heterocycles. The summed E-state index contributed by atoms with van der Waals surface area (Å²) in [7, 11) is 0. The number of amides is 2. The van der Waals surface area contributed by atoms with Gasteiger partial charge in [0.15, 0.2) is 5.17 Å². The molecule has 3 rings (SSSR count). The second-order valence-electron chi connectivity index (χ2n) is 5.62. The Morgan fingerprint density at radius 2 is 2.04 bits per heavy atom. The maximum absolute atomic E-state index is 11.9. The number of hydrogen-bond acceptors (Lipinski definition) is 4. The van der Waals surface area contributed by atoms with Gasteiger partial charge in [-0.25, -0.2) is 0 Å². The Morgan fingerprint density at radius 3 is 2.70 bits per heavy atom. The van der Waals surface area contributed by atoms with E-state index in [1.165, 1.54) is 6.92 Å². The van der Waals surface area contributed by atoms with Gasteiger partial charge in [-0.1, -0.05) is 45.7 Å². The molecular formula is C19H14BrClN2O3S. The third-order valence-corrected chi connectivity index (χ3v) is 5.19. The maximum atomic E-state index is 11.9. The standard InChI is InChI=1S/C19H14BrClN2O3S/c1-11(24)22-19-23-18(25)17(27-19)9-13-4-7-16(15(21)8-13)26-10-12-2-5-14(20)6-3-12/h2-9H,10H2,1H3,(H,22,23,24,25)/b17-9+. The zero-order chi connectivity index (χ0) is 19.4. The van der Waals surface area contributed by atoms with Crippen LogP contribution in [0, 0.1) is 0 Å². The van der Waals surface area contributed by atoms with Crippen molar-refractivity contribution in [1.82, 2.24) is 5.32 Å². The summed E-state index contributed by atoms with van der Waals surface area (Å²) in [5.41, 5.74) is 1.77. The van der Waals surface area contributed by atoms with Crippen molar-refractivity contribution in [1.29, 1.82) is 0 Å². The SMILES string of the molecule is CC(=O)NC1=NC(=O)/C(=C\c2ccc(OCc3ccc(Br)cc3)c(Cl)c2)S1. The lowest BCUT2D eigenvalue weighted by Gasteiger charge is -2.09. The molecule has 2 aromatic rings. The molecule has 0 unspecified atom stereocenters. The van der Waals surface area contributed by atoms with Gasteiger partial charge in [0.1, 0.15) is 12.4 Å². The van der Waals surface area contributed by atoms with E-state index < -0.39 is 5.91 Å². The monoisotopic (exact) mass is 464 g/mol. The van der Waals surface area contributed by atoms with Gasteiger partial charge in [-0.2, -0.15) is 4.99 Å². The van der Waals surface area contributed by atoms with Crippen LogP contribution in [-0.4, -0.2) is 17.0 Å². The molecule has 0 radical (unpaired) electrons. The van der Waals surface area contributed by atoms with Gasteiger partial charge in [0.2, 0.25) is 5.91 Å². The highest BCUT2D eigenvalue weighted by Gasteiger charge is 2.22. The molecule has 0 saturated carbocycles. The maximum Gasteiger partial charge on any atom is 0.286 e. The van der Waals surface area contributed by atoms with E-state index in [9.17, 15) is 9.59 Å². The summed E-state index contributed by atoms with van der Waals surface area (Å²) < 4.78 is 6.77. The number of benzene rings is 2. The van der Waals surface area contributed by atoms with Crippen LogP contribution in [0.1, 0.15) is 18.1 Å². The number of hydrogen-bond donors (Lipinski definition) is 1. The summed E-state index contributed by atoms with van der Waals surface area (Å²) in [6.07, 6.45) is 1.68. The Kier molecular flexibility index (Phi) is 6.36. The minimum absolute atomic E-state index is 0.273. The molecule has 0 atom stereocenters. The third kappa shape index (κ3) is 5.45. The van der Waals surface area contributed by atoms with Crippen molar-refractivity contribution in [3.63, 3.8) is 0 Å². The van der Waals surface area contributed by atoms with Gasteiger partial charge in [-0.3, -0.25) is 9.59 Å². The number of halogens is 2. The number of carbonyl (C=O) groups is 2. The van der Waals surface area contributed by atoms with Crippen molar-refractivity contribution in [3.05, 3.63) is 68.0 Å². The van der Waals surface area contributed by atoms with Gasteiger partial charge in [0.05, 0.1) is 9.93 Å². The zero-order valence-electron chi connectivity index (χ0n) is 14.2. The van der Waals surface area contributed by atoms with E-state index in [-0.39, 0.29) is 11.1 Å². The second kappa shape index (κ2) is 8.73. The first-order valence-corrected chi connectivity index (χ1v) is 9.86. The van der Waals surface area contributed by atoms with E-state index in [0.29, 0.717) is 22.3 Å². The summed E-state index contributed by atoms with van der Waals surface area (Å²) in [6.45, 7) is 1.76. The summed E-state index contributed by atoms with van der Waals surface area (Å²) in [4.78, 5) is 27.2. The van der Waals surface area contributed by atoms with E-state index in [1.54, 1.807) is 24.3 Å². The lowest BCUT2D eigenvalue weighted by molar-refractivity contribution is -0.117. The van der Waals surface area contributed by atoms with Crippen molar-refractivity contribution >= 4 is 62.4 Å². The Hall–Kier alpha value is -2.09. The number of rotatable bonds is 4. The molecule has 1 aliphatic heterocycles. The third-order valence-electron chi connectivity index (χ3n) is 3.46. The molecule has 5 nitrogen and oxygen atoms in total. The van der Waals surface area contributed by atoms with Crippen molar-refractivity contribution in [3.8, 4) is 5.75 Å². The highest BCUT2D eigenvalue weighted by atomic mass is 79.9. The lowest BCUT2D eigenvalue weighted by Crippen LogP contribution is -2.23. The van der Waals surface area contributed by atoms with Crippen LogP contribution < -0.4 is 10.1 Å². The molecule has 2 aromatic carbocycles. The minimum Gasteiger partial charge on any atom is -0.487 e. The zero-order valence-corrected chi connectivity index (χ0v) is 17.3. The first-order valence-electron chi connectivity index (χ1n) is 7.87. The fraction of sp³-hybridized carbons (Fsp3) is 0.105. The first-order chi connectivity index (χ1) is 12.9. The van der Waals surface area contributed by atoms with Crippen LogP contribution in [0.4, 0.5) is 0 Å². The highest BCUT2D eigenvalue weighted by Crippen LogP contribution is 2.31. The topological polar surface area (TPSA) is 67.8 Å². The lowest BCUT2D eigenvalue weighted by atomic mass is 10.2. The highest BCUT2D eigenvalue weighted by molar-refractivity contribution is 9.10. The van der Waals surface area contributed by atoms with Gasteiger partial charge in [-0.15, -0.1) is 0 Å². The Bertz CT molecular complexity index is 958. The van der Waals surface area contributed by atoms with Crippen LogP contribution in [-0.2, 0) is 16.2 Å². The van der Waals surface area contributed by atoms with Gasteiger partial charge in [-0.05, 0) is 53.2 Å². The molecule has 0 spiro atoms. The smallest absolute Gasteiger partial charge is 0.286 e. The molecular weight excluding hydrogens is 452 g/mol. The number of amidine groups is 1. The minimum atomic E-state index is -0.393. The van der Waals surface area contributed by atoms with Crippen molar-refractivity contribution in [2.24, 2.45) is 4.99 Å². The summed E-state index contributed by atoms with van der Waals surface area (Å²) in [5, 5.41) is 3.23. The molecule has 8 heteroatoms. The van der Waals surface area contributed by atoms with E-state index in [0.717, 1.165) is 27.4 Å². The van der Waals surface area contributed by atoms with E-state index in [2.05, 4.69) is 26.2 Å². The normalized spacial score (nSPS) is 15.0. The molecule has 0 saturated heterocycles. The molecule has 1 heterocycles. The largest absolute Gasteiger partial charge is 0.487 e. The van der Waals surface area contributed by atoms with Crippen LogP contribution in [0.5, 0.6) is 5.75 Å². The molecule has 1 aliphatic rings. The molecule has 0 aliphatic carbocycles. The number of ether oxygens (including phenoxy) is 1. The van der Waals surface area contributed by atoms with Crippen LogP contribution in [0.2, 0.25) is 5.02 Å². The molecule has 27 heavy (non-hydrogen) atoms. The summed E-state index contributed by atoms with van der Waals surface area (Å²) in [6, 6.07) is 13.1. The Morgan fingerprint density at radius 1 is 1.30 bits per heavy atom. The van der Waals surface area contributed by atoms with Crippen LogP contribution in [0.15, 0.2) is 56.8 Å². The number of nitrogens with one attached hydrogen (secondary N) is 1. The fourth-order valence-electron chi connectivity index (χ4n) is 2.23. The van der Waals surface area contributed by atoms with Crippen LogP contribution in [0.3, 0.4) is 0 Å². The van der Waals surface area contributed by atoms with Crippen molar-refractivity contribution in [2.45, 2.75) is 13.5 Å². The molecule has 2 amide bonds. The second-order valence-corrected chi connectivity index (χ2v) is 7.97. The predicted molar refractivity (Wildman–Crippen MR) is 112 cm³/mol. The van der Waals surface area contributed by atoms with Crippen LogP contribution in [0.25, 0.3) is 6.08 Å². The van der Waals surface area contributed by atoms with Gasteiger partial charge < -0.3 is 10.1 Å². The number of nitrogens with zero attached hydrogens (tertiary/aromatic N) is 1. The van der Waals surface area contributed by atoms with Gasteiger partial charge in [0.25, 0.3) is 5.91 Å². The summed E-state index contributed by atoms with van der Waals surface area (Å²) in [5.74, 6) is -0.108. The Balaban J connectivity index is 1.67. The van der Waals surface area contributed by atoms with Crippen molar-refractivity contribution < 1.29 is 14.3 Å². The predicted octanol–water partition coefficient (Wildman–Crippen LogP) is 4.79. The van der Waals surface area contributed by atoms with Gasteiger partial charge >= 0.3 is 0 Å². The van der Waals surface area contributed by atoms with E-state index >= 15 is 0 Å². The molecule has 0 bridgehead atoms. The molecule has 0 fully saturated rings. The molecule has 1 N–H and O–H groups in total. The fourth-order valence-corrected chi connectivity index (χ4v) is 3.60. The number of carbonyl (C=O) groups excluding carboxylic acids is 2. The number of thioether (sulfide) groups is 1. The molecule has 138 valence electrons. The average Bonchev–Trinajstić information content (AvgIpc) is 2.94. The van der Waals surface area contributed by atoms with E-state index in [4.69, 9.17) is 16.3 Å².